The van der Waals surface area contributed by atoms with Crippen molar-refractivity contribution in [2.75, 3.05) is 7.11 Å². The Morgan fingerprint density at radius 2 is 2.14 bits per heavy atom. The van der Waals surface area contributed by atoms with Crippen LogP contribution in [-0.2, 0) is 14.3 Å². The van der Waals surface area contributed by atoms with Crippen LogP contribution in [-0.4, -0.2) is 40.3 Å². The van der Waals surface area contributed by atoms with Gasteiger partial charge in [0.05, 0.1) is 15.6 Å². The number of nitrogens with zero attached hydrogens (tertiary/aromatic N) is 1. The van der Waals surface area contributed by atoms with Gasteiger partial charge in [-0.1, -0.05) is 6.07 Å². The van der Waals surface area contributed by atoms with Crippen LogP contribution < -0.4 is 0 Å². The van der Waals surface area contributed by atoms with Crippen molar-refractivity contribution in [3.63, 3.8) is 0 Å². The van der Waals surface area contributed by atoms with Gasteiger partial charge in [-0.2, -0.15) is 0 Å². The number of methoxy groups -OCH3 is 1. The van der Waals surface area contributed by atoms with Crippen molar-refractivity contribution in [2.45, 2.75) is 13.0 Å². The van der Waals surface area contributed by atoms with Gasteiger partial charge in [-0.15, -0.1) is 0 Å². The van der Waals surface area contributed by atoms with Gasteiger partial charge in [0.25, 0.3) is 11.1 Å². The first-order valence-electron chi connectivity index (χ1n) is 6.18. The SMILES string of the molecule is COC(=O)[C@H](C)N1C(=O)S/C(=C/c2ccc(O)c(I)c2)C1=O. The Kier molecular flexibility index (Phi) is 5.12. The fraction of sp³-hybridized carbons (Fsp3) is 0.214. The third-order valence-electron chi connectivity index (χ3n) is 3.02. The Morgan fingerprint density at radius 3 is 2.73 bits per heavy atom. The van der Waals surface area contributed by atoms with E-state index in [0.29, 0.717) is 9.13 Å². The van der Waals surface area contributed by atoms with Gasteiger partial charge < -0.3 is 9.84 Å². The maximum Gasteiger partial charge on any atom is 0.328 e. The molecule has 0 saturated carbocycles. The van der Waals surface area contributed by atoms with Crippen molar-refractivity contribution >= 4 is 57.5 Å². The van der Waals surface area contributed by atoms with E-state index < -0.39 is 23.2 Å². The number of esters is 1. The molecule has 1 aliphatic heterocycles. The highest BCUT2D eigenvalue weighted by Gasteiger charge is 2.41. The number of halogens is 1. The molecule has 1 fully saturated rings. The Morgan fingerprint density at radius 1 is 1.45 bits per heavy atom. The minimum atomic E-state index is -0.969. The molecule has 8 heteroatoms. The molecule has 1 aliphatic rings. The summed E-state index contributed by atoms with van der Waals surface area (Å²) in [6.45, 7) is 1.44. The Hall–Kier alpha value is -1.55. The molecular weight excluding hydrogens is 421 g/mol. The van der Waals surface area contributed by atoms with Crippen LogP contribution in [0.3, 0.4) is 0 Å². The topological polar surface area (TPSA) is 83.9 Å². The summed E-state index contributed by atoms with van der Waals surface area (Å²) in [6, 6.07) is 3.86. The second kappa shape index (κ2) is 6.69. The summed E-state index contributed by atoms with van der Waals surface area (Å²) in [5.41, 5.74) is 0.679. The van der Waals surface area contributed by atoms with Crippen molar-refractivity contribution < 1.29 is 24.2 Å². The number of hydrogen-bond donors (Lipinski definition) is 1. The molecule has 2 rings (SSSR count). The predicted molar refractivity (Wildman–Crippen MR) is 90.1 cm³/mol. The number of ether oxygens (including phenoxy) is 1. The van der Waals surface area contributed by atoms with Crippen molar-refractivity contribution in [3.8, 4) is 5.75 Å². The predicted octanol–water partition coefficient (Wildman–Crippen LogP) is 2.59. The normalized spacial score (nSPS) is 18.0. The second-order valence-corrected chi connectivity index (χ2v) is 6.62. The quantitative estimate of drug-likeness (QED) is 0.448. The van der Waals surface area contributed by atoms with Crippen molar-refractivity contribution in [3.05, 3.63) is 32.2 Å². The number of amides is 2. The van der Waals surface area contributed by atoms with Crippen molar-refractivity contribution in [1.82, 2.24) is 4.90 Å². The van der Waals surface area contributed by atoms with Gasteiger partial charge in [0, 0.05) is 0 Å². The van der Waals surface area contributed by atoms with E-state index in [1.54, 1.807) is 18.2 Å². The molecule has 1 aromatic carbocycles. The zero-order valence-corrected chi connectivity index (χ0v) is 14.7. The summed E-state index contributed by atoms with van der Waals surface area (Å²) < 4.78 is 5.19. The van der Waals surface area contributed by atoms with E-state index in [1.165, 1.54) is 20.1 Å². The van der Waals surface area contributed by atoms with Crippen LogP contribution in [0.15, 0.2) is 23.1 Å². The van der Waals surface area contributed by atoms with Crippen molar-refractivity contribution in [2.24, 2.45) is 0 Å². The van der Waals surface area contributed by atoms with E-state index >= 15 is 0 Å². The molecule has 1 heterocycles. The molecule has 0 radical (unpaired) electrons. The number of imide groups is 1. The van der Waals surface area contributed by atoms with Crippen LogP contribution >= 0.6 is 34.4 Å². The minimum absolute atomic E-state index is 0.144. The zero-order chi connectivity index (χ0) is 16.4. The summed E-state index contributed by atoms with van der Waals surface area (Å²) in [6.07, 6.45) is 1.55. The number of benzene rings is 1. The first-order chi connectivity index (χ1) is 10.3. The molecule has 1 N–H and O–H groups in total. The number of aromatic hydroxyl groups is 1. The molecule has 6 nitrogen and oxygen atoms in total. The fourth-order valence-corrected chi connectivity index (χ4v) is 3.30. The van der Waals surface area contributed by atoms with E-state index in [-0.39, 0.29) is 10.7 Å². The van der Waals surface area contributed by atoms with E-state index in [0.717, 1.165) is 16.7 Å². The summed E-state index contributed by atoms with van der Waals surface area (Å²) >= 11 is 2.73. The largest absolute Gasteiger partial charge is 0.507 e. The molecule has 0 aliphatic carbocycles. The summed E-state index contributed by atoms with van der Waals surface area (Å²) in [4.78, 5) is 36.9. The lowest BCUT2D eigenvalue weighted by atomic mass is 10.2. The highest BCUT2D eigenvalue weighted by atomic mass is 127. The molecule has 0 bridgehead atoms. The number of phenolic OH excluding ortho intramolecular Hbond substituents is 1. The van der Waals surface area contributed by atoms with Crippen LogP contribution in [0.5, 0.6) is 5.75 Å². The van der Waals surface area contributed by atoms with Crippen LogP contribution in [0.1, 0.15) is 12.5 Å². The maximum absolute atomic E-state index is 12.3. The number of phenols is 1. The van der Waals surface area contributed by atoms with Crippen LogP contribution in [0.4, 0.5) is 4.79 Å². The molecular formula is C14H12INO5S. The Labute approximate surface area is 144 Å². The summed E-state index contributed by atoms with van der Waals surface area (Å²) in [7, 11) is 1.20. The van der Waals surface area contributed by atoms with Gasteiger partial charge >= 0.3 is 5.97 Å². The van der Waals surface area contributed by atoms with Crippen LogP contribution in [0.25, 0.3) is 6.08 Å². The zero-order valence-electron chi connectivity index (χ0n) is 11.7. The Balaban J connectivity index is 2.29. The molecule has 0 aromatic heterocycles. The van der Waals surface area contributed by atoms with Crippen molar-refractivity contribution in [1.29, 1.82) is 0 Å². The number of hydrogen-bond acceptors (Lipinski definition) is 6. The third-order valence-corrected chi connectivity index (χ3v) is 4.77. The van der Waals surface area contributed by atoms with E-state index in [2.05, 4.69) is 4.74 Å². The molecule has 22 heavy (non-hydrogen) atoms. The van der Waals surface area contributed by atoms with Gasteiger partial charge in [0.2, 0.25) is 0 Å². The maximum atomic E-state index is 12.3. The molecule has 1 atom stereocenters. The van der Waals surface area contributed by atoms with Crippen LogP contribution in [0.2, 0.25) is 0 Å². The highest BCUT2D eigenvalue weighted by Crippen LogP contribution is 2.34. The minimum Gasteiger partial charge on any atom is -0.507 e. The lowest BCUT2D eigenvalue weighted by molar-refractivity contribution is -0.148. The Bertz CT molecular complexity index is 688. The molecule has 116 valence electrons. The van der Waals surface area contributed by atoms with Gasteiger partial charge in [0.15, 0.2) is 0 Å². The van der Waals surface area contributed by atoms with Gasteiger partial charge in [0.1, 0.15) is 11.8 Å². The standard InChI is InChI=1S/C14H12INO5S/c1-7(13(19)21-2)16-12(18)11(22-14(16)20)6-8-3-4-10(17)9(15)5-8/h3-7,17H,1-2H3/b11-6+/t7-/m0/s1. The molecule has 1 aromatic rings. The van der Waals surface area contributed by atoms with E-state index in [9.17, 15) is 19.5 Å². The number of thioether (sulfide) groups is 1. The van der Waals surface area contributed by atoms with E-state index in [4.69, 9.17) is 0 Å². The van der Waals surface area contributed by atoms with Gasteiger partial charge in [-0.05, 0) is 65.0 Å². The monoisotopic (exact) mass is 433 g/mol. The third kappa shape index (κ3) is 3.27. The van der Waals surface area contributed by atoms with Gasteiger partial charge in [-0.3, -0.25) is 14.5 Å². The molecule has 1 saturated heterocycles. The molecule has 0 spiro atoms. The molecule has 2 amide bonds. The fourth-order valence-electron chi connectivity index (χ4n) is 1.85. The summed E-state index contributed by atoms with van der Waals surface area (Å²) in [5, 5.41) is 8.98. The number of carbonyl (C=O) groups is 3. The average molecular weight is 433 g/mol. The lowest BCUT2D eigenvalue weighted by Crippen LogP contribution is -2.42. The highest BCUT2D eigenvalue weighted by molar-refractivity contribution is 14.1. The smallest absolute Gasteiger partial charge is 0.328 e. The molecule has 0 unspecified atom stereocenters. The number of carbonyl (C=O) groups excluding carboxylic acids is 3. The summed E-state index contributed by atoms with van der Waals surface area (Å²) in [5.74, 6) is -1.04. The van der Waals surface area contributed by atoms with Crippen LogP contribution in [0, 0.1) is 3.57 Å². The first-order valence-corrected chi connectivity index (χ1v) is 8.08. The van der Waals surface area contributed by atoms with E-state index in [1.807, 2.05) is 22.6 Å². The first kappa shape index (κ1) is 16.8. The lowest BCUT2D eigenvalue weighted by Gasteiger charge is -2.18. The van der Waals surface area contributed by atoms with Gasteiger partial charge in [-0.25, -0.2) is 4.79 Å². The number of rotatable bonds is 3. The second-order valence-electron chi connectivity index (χ2n) is 4.46. The average Bonchev–Trinajstić information content (AvgIpc) is 2.75.